The second kappa shape index (κ2) is 14.2. The van der Waals surface area contributed by atoms with Crippen molar-refractivity contribution in [3.63, 3.8) is 0 Å². The summed E-state index contributed by atoms with van der Waals surface area (Å²) in [5.41, 5.74) is 3.59. The summed E-state index contributed by atoms with van der Waals surface area (Å²) >= 11 is 0. The molecule has 0 radical (unpaired) electrons. The van der Waals surface area contributed by atoms with Crippen LogP contribution >= 0.6 is 7.75 Å². The van der Waals surface area contributed by atoms with Crippen molar-refractivity contribution in [3.8, 4) is 5.88 Å². The van der Waals surface area contributed by atoms with Crippen LogP contribution in [0.3, 0.4) is 0 Å². The number of aliphatic hydroxyl groups excluding tert-OH is 1. The van der Waals surface area contributed by atoms with Crippen LogP contribution in [0.15, 0.2) is 6.33 Å². The molecule has 0 saturated carbocycles. The second-order valence-electron chi connectivity index (χ2n) is 10.7. The van der Waals surface area contributed by atoms with E-state index in [1.807, 2.05) is 13.8 Å². The highest BCUT2D eigenvalue weighted by atomic mass is 31.2. The minimum absolute atomic E-state index is 0.0431. The van der Waals surface area contributed by atoms with Gasteiger partial charge < -0.3 is 29.8 Å². The van der Waals surface area contributed by atoms with Crippen molar-refractivity contribution in [2.45, 2.75) is 84.2 Å². The molecular formula is C25H40FN6O10P. The summed E-state index contributed by atoms with van der Waals surface area (Å²) in [5.74, 6) is -1.72. The Morgan fingerprint density at radius 2 is 1.98 bits per heavy atom. The Labute approximate surface area is 248 Å². The van der Waals surface area contributed by atoms with E-state index < -0.39 is 69.1 Å². The van der Waals surface area contributed by atoms with Gasteiger partial charge in [0.1, 0.15) is 18.2 Å². The number of hydrogen-bond donors (Lipinski definition) is 3. The van der Waals surface area contributed by atoms with E-state index in [1.165, 1.54) is 18.0 Å². The Balaban J connectivity index is 1.86. The van der Waals surface area contributed by atoms with E-state index in [2.05, 4.69) is 20.0 Å². The van der Waals surface area contributed by atoms with Crippen LogP contribution in [0.5, 0.6) is 5.88 Å². The molecule has 242 valence electrons. The van der Waals surface area contributed by atoms with E-state index >= 15 is 4.39 Å². The molecule has 3 unspecified atom stereocenters. The van der Waals surface area contributed by atoms with E-state index in [9.17, 15) is 19.3 Å². The van der Waals surface area contributed by atoms with Crippen LogP contribution in [0.4, 0.5) is 10.3 Å². The maximum atomic E-state index is 16.0. The molecule has 1 aliphatic heterocycles. The highest BCUT2D eigenvalue weighted by Crippen LogP contribution is 2.48. The van der Waals surface area contributed by atoms with Gasteiger partial charge >= 0.3 is 19.7 Å². The minimum Gasteiger partial charge on any atom is -0.479 e. The summed E-state index contributed by atoms with van der Waals surface area (Å²) in [6.45, 7) is 8.24. The number of carbonyl (C=O) groups excluding carboxylic acids is 2. The molecule has 6 atom stereocenters. The SMILES string of the molecule is CCOC(=O)COP(=O)(N[C@@H](CC(C)C)C(=O)OC(C)C)OC[C@H]1OC(n2cnc3c(OC)nc(N)nc32)C(C)(F)[C@H]1O. The van der Waals surface area contributed by atoms with Gasteiger partial charge in [0.2, 0.25) is 11.8 Å². The molecule has 16 nitrogen and oxygen atoms in total. The maximum Gasteiger partial charge on any atom is 0.406 e. The number of imidazole rings is 1. The van der Waals surface area contributed by atoms with Crippen LogP contribution in [0.25, 0.3) is 11.2 Å². The zero-order chi connectivity index (χ0) is 32.1. The average Bonchev–Trinajstić information content (AvgIpc) is 3.42. The van der Waals surface area contributed by atoms with Crippen molar-refractivity contribution in [1.29, 1.82) is 0 Å². The molecule has 4 N–H and O–H groups in total. The molecule has 1 aliphatic rings. The number of hydrogen-bond acceptors (Lipinski definition) is 14. The highest BCUT2D eigenvalue weighted by molar-refractivity contribution is 7.51. The predicted octanol–water partition coefficient (Wildman–Crippen LogP) is 2.06. The van der Waals surface area contributed by atoms with E-state index in [4.69, 9.17) is 33.7 Å². The third-order valence-electron chi connectivity index (χ3n) is 6.29. The number of esters is 2. The van der Waals surface area contributed by atoms with Gasteiger partial charge in [0.25, 0.3) is 0 Å². The molecule has 0 bridgehead atoms. The van der Waals surface area contributed by atoms with Crippen LogP contribution in [0, 0.1) is 5.92 Å². The van der Waals surface area contributed by atoms with Crippen LogP contribution in [-0.2, 0) is 37.4 Å². The van der Waals surface area contributed by atoms with Crippen LogP contribution in [0.1, 0.15) is 54.2 Å². The monoisotopic (exact) mass is 634 g/mol. The van der Waals surface area contributed by atoms with Gasteiger partial charge in [-0.05, 0) is 40.0 Å². The van der Waals surface area contributed by atoms with Gasteiger partial charge in [0, 0.05) is 0 Å². The summed E-state index contributed by atoms with van der Waals surface area (Å²) in [6, 6.07) is -1.15. The lowest BCUT2D eigenvalue weighted by atomic mass is 9.98. The third kappa shape index (κ3) is 8.37. The van der Waals surface area contributed by atoms with Crippen molar-refractivity contribution in [2.75, 3.05) is 32.7 Å². The first-order chi connectivity index (χ1) is 20.1. The lowest BCUT2D eigenvalue weighted by Gasteiger charge is -2.27. The first-order valence-corrected chi connectivity index (χ1v) is 15.3. The molecule has 1 fully saturated rings. The fourth-order valence-electron chi connectivity index (χ4n) is 4.37. The van der Waals surface area contributed by atoms with Gasteiger partial charge in [-0.2, -0.15) is 9.97 Å². The molecule has 0 aromatic carbocycles. The van der Waals surface area contributed by atoms with Crippen molar-refractivity contribution in [1.82, 2.24) is 24.6 Å². The van der Waals surface area contributed by atoms with Crippen molar-refractivity contribution in [2.24, 2.45) is 5.92 Å². The fourth-order valence-corrected chi connectivity index (χ4v) is 5.81. The average molecular weight is 635 g/mol. The first kappa shape index (κ1) is 34.5. The number of carbonyl (C=O) groups is 2. The number of anilines is 1. The lowest BCUT2D eigenvalue weighted by Crippen LogP contribution is -2.42. The van der Waals surface area contributed by atoms with Crippen LogP contribution in [-0.4, -0.2) is 93.5 Å². The molecule has 18 heteroatoms. The number of rotatable bonds is 15. The van der Waals surface area contributed by atoms with Gasteiger partial charge in [0.05, 0.1) is 32.8 Å². The fraction of sp³-hybridized carbons (Fsp3) is 0.720. The smallest absolute Gasteiger partial charge is 0.406 e. The number of methoxy groups -OCH3 is 1. The lowest BCUT2D eigenvalue weighted by molar-refractivity contribution is -0.150. The number of fused-ring (bicyclic) bond motifs is 1. The Hall–Kier alpha value is -2.95. The molecule has 0 amide bonds. The van der Waals surface area contributed by atoms with E-state index in [1.54, 1.807) is 20.8 Å². The number of halogens is 1. The summed E-state index contributed by atoms with van der Waals surface area (Å²) in [6.07, 6.45) is -3.74. The number of nitrogens with one attached hydrogen (secondary N) is 1. The quantitative estimate of drug-likeness (QED) is 0.189. The molecule has 0 spiro atoms. The number of nitrogens with zero attached hydrogens (tertiary/aromatic N) is 4. The van der Waals surface area contributed by atoms with Crippen LogP contribution in [0.2, 0.25) is 0 Å². The maximum absolute atomic E-state index is 16.0. The van der Waals surface area contributed by atoms with E-state index in [-0.39, 0.29) is 41.9 Å². The molecule has 2 aromatic rings. The molecule has 43 heavy (non-hydrogen) atoms. The zero-order valence-corrected chi connectivity index (χ0v) is 26.1. The molecule has 3 heterocycles. The second-order valence-corrected chi connectivity index (χ2v) is 12.5. The Kier molecular flexibility index (Phi) is 11.4. The van der Waals surface area contributed by atoms with Gasteiger partial charge in [-0.1, -0.05) is 13.8 Å². The van der Waals surface area contributed by atoms with Crippen molar-refractivity contribution < 1.29 is 51.6 Å². The van der Waals surface area contributed by atoms with Gasteiger partial charge in [0.15, 0.2) is 29.7 Å². The highest BCUT2D eigenvalue weighted by Gasteiger charge is 2.56. The number of aliphatic hydroxyl groups is 1. The Morgan fingerprint density at radius 3 is 2.58 bits per heavy atom. The Bertz CT molecular complexity index is 1320. The van der Waals surface area contributed by atoms with Gasteiger partial charge in [-0.3, -0.25) is 18.4 Å². The molecular weight excluding hydrogens is 594 g/mol. The molecule has 1 saturated heterocycles. The number of nitrogens with two attached hydrogens (primary N) is 1. The van der Waals surface area contributed by atoms with Crippen molar-refractivity contribution >= 4 is 36.8 Å². The standard InChI is InChI=1S/C25H40FN6O10P/c1-8-38-17(33)11-40-43(36,31-15(9-13(2)3)22(35)41-14(4)5)39-10-16-19(34)25(6,26)23(42-16)32-12-28-18-20(32)29-24(27)30-21(18)37-7/h12-16,19,23,34H,8-11H2,1-7H3,(H,31,36)(H2,27,29,30)/t15-,16+,19-,23?,25?,43?/m0/s1. The van der Waals surface area contributed by atoms with Gasteiger partial charge in [-0.15, -0.1) is 0 Å². The normalized spacial score (nSPS) is 24.3. The number of alkyl halides is 1. The van der Waals surface area contributed by atoms with Gasteiger partial charge in [-0.25, -0.2) is 23.8 Å². The number of aromatic nitrogens is 4. The third-order valence-corrected chi connectivity index (χ3v) is 7.88. The minimum atomic E-state index is -4.50. The zero-order valence-electron chi connectivity index (χ0n) is 25.2. The Morgan fingerprint density at radius 1 is 1.28 bits per heavy atom. The molecule has 0 aliphatic carbocycles. The summed E-state index contributed by atoms with van der Waals surface area (Å²) in [4.78, 5) is 37.0. The first-order valence-electron chi connectivity index (χ1n) is 13.7. The molecule has 2 aromatic heterocycles. The van der Waals surface area contributed by atoms with Crippen molar-refractivity contribution in [3.05, 3.63) is 6.33 Å². The number of ether oxygens (including phenoxy) is 4. The van der Waals surface area contributed by atoms with E-state index in [0.29, 0.717) is 0 Å². The summed E-state index contributed by atoms with van der Waals surface area (Å²) in [7, 11) is -3.15. The number of nitrogen functional groups attached to an aromatic ring is 1. The summed E-state index contributed by atoms with van der Waals surface area (Å²) < 4.78 is 63.1. The summed E-state index contributed by atoms with van der Waals surface area (Å²) in [5, 5.41) is 13.4. The largest absolute Gasteiger partial charge is 0.479 e. The van der Waals surface area contributed by atoms with Crippen LogP contribution < -0.4 is 15.6 Å². The van der Waals surface area contributed by atoms with E-state index in [0.717, 1.165) is 6.92 Å². The molecule has 3 rings (SSSR count). The predicted molar refractivity (Wildman–Crippen MR) is 149 cm³/mol. The topological polar surface area (TPSA) is 208 Å².